The lowest BCUT2D eigenvalue weighted by molar-refractivity contribution is -0.134. The zero-order chi connectivity index (χ0) is 21.2. The van der Waals surface area contributed by atoms with E-state index in [0.717, 1.165) is 23.8 Å². The van der Waals surface area contributed by atoms with Crippen molar-refractivity contribution in [2.24, 2.45) is 0 Å². The van der Waals surface area contributed by atoms with Crippen LogP contribution in [0.15, 0.2) is 64.3 Å². The molecule has 0 bridgehead atoms. The Bertz CT molecular complexity index is 1280. The van der Waals surface area contributed by atoms with Gasteiger partial charge in [-0.05, 0) is 36.6 Å². The number of amides is 1. The largest absolute Gasteiger partial charge is 0.448 e. The van der Waals surface area contributed by atoms with Crippen molar-refractivity contribution < 1.29 is 13.9 Å². The summed E-state index contributed by atoms with van der Waals surface area (Å²) in [6.45, 7) is 1.47. The fourth-order valence-electron chi connectivity index (χ4n) is 3.97. The molecule has 8 heteroatoms. The Morgan fingerprint density at radius 2 is 2.13 bits per heavy atom. The molecule has 1 aliphatic rings. The van der Waals surface area contributed by atoms with Crippen molar-refractivity contribution >= 4 is 28.0 Å². The Labute approximate surface area is 178 Å². The fourth-order valence-corrected chi connectivity index (χ4v) is 3.97. The van der Waals surface area contributed by atoms with Crippen LogP contribution in [0.3, 0.4) is 0 Å². The highest BCUT2D eigenvalue weighted by Gasteiger charge is 2.24. The number of ether oxygens (including phenoxy) is 1. The van der Waals surface area contributed by atoms with Gasteiger partial charge in [-0.15, -0.1) is 0 Å². The van der Waals surface area contributed by atoms with Gasteiger partial charge in [0.1, 0.15) is 17.6 Å². The van der Waals surface area contributed by atoms with E-state index in [1.54, 1.807) is 23.4 Å². The first-order chi connectivity index (χ1) is 15.2. The van der Waals surface area contributed by atoms with Crippen LogP contribution in [0.2, 0.25) is 0 Å². The van der Waals surface area contributed by atoms with Gasteiger partial charge in [0.2, 0.25) is 11.5 Å². The first kappa shape index (κ1) is 19.4. The molecule has 1 saturated heterocycles. The summed E-state index contributed by atoms with van der Waals surface area (Å²) in [5.74, 6) is -0.182. The second-order valence-electron chi connectivity index (χ2n) is 7.72. The van der Waals surface area contributed by atoms with Crippen LogP contribution < -0.4 is 5.56 Å². The van der Waals surface area contributed by atoms with Crippen molar-refractivity contribution in [3.8, 4) is 0 Å². The molecule has 1 fully saturated rings. The van der Waals surface area contributed by atoms with Crippen LogP contribution in [0.1, 0.15) is 18.4 Å². The first-order valence-electron chi connectivity index (χ1n) is 10.3. The Balaban J connectivity index is 1.42. The second-order valence-corrected chi connectivity index (χ2v) is 7.72. The van der Waals surface area contributed by atoms with Crippen LogP contribution in [0.4, 0.5) is 0 Å². The van der Waals surface area contributed by atoms with E-state index in [9.17, 15) is 9.59 Å². The summed E-state index contributed by atoms with van der Waals surface area (Å²) in [5, 5.41) is 0.782. The monoisotopic (exact) mass is 418 g/mol. The zero-order valence-electron chi connectivity index (χ0n) is 16.9. The molecule has 0 radical (unpaired) electrons. The second kappa shape index (κ2) is 8.31. The average molecular weight is 418 g/mol. The zero-order valence-corrected chi connectivity index (χ0v) is 16.9. The third-order valence-electron chi connectivity index (χ3n) is 5.55. The summed E-state index contributed by atoms with van der Waals surface area (Å²) in [4.78, 5) is 36.4. The SMILES string of the molecule is O=C(Cn1cnc2c(oc3ccccc32)c1=O)N(Cc1cccnc1)CC1CCCO1. The molecule has 8 nitrogen and oxygen atoms in total. The number of hydrogen-bond donors (Lipinski definition) is 0. The fraction of sp³-hybridized carbons (Fsp3) is 0.304. The van der Waals surface area contributed by atoms with E-state index < -0.39 is 0 Å². The number of para-hydroxylation sites is 1. The van der Waals surface area contributed by atoms with Crippen molar-refractivity contribution in [2.75, 3.05) is 13.2 Å². The number of nitrogens with zero attached hydrogens (tertiary/aromatic N) is 4. The summed E-state index contributed by atoms with van der Waals surface area (Å²) in [6.07, 6.45) is 6.77. The van der Waals surface area contributed by atoms with E-state index in [-0.39, 0.29) is 29.7 Å². The normalized spacial score (nSPS) is 16.2. The molecule has 5 rings (SSSR count). The maximum atomic E-state index is 13.2. The highest BCUT2D eigenvalue weighted by atomic mass is 16.5. The number of fused-ring (bicyclic) bond motifs is 3. The molecule has 1 aliphatic heterocycles. The van der Waals surface area contributed by atoms with Gasteiger partial charge in [-0.3, -0.25) is 19.1 Å². The molecule has 1 amide bonds. The van der Waals surface area contributed by atoms with Gasteiger partial charge in [0.15, 0.2) is 0 Å². The van der Waals surface area contributed by atoms with Crippen LogP contribution in [0, 0.1) is 0 Å². The topological polar surface area (TPSA) is 90.5 Å². The maximum Gasteiger partial charge on any atom is 0.297 e. The Hall–Kier alpha value is -3.52. The first-order valence-corrected chi connectivity index (χ1v) is 10.3. The predicted molar refractivity (Wildman–Crippen MR) is 114 cm³/mol. The maximum absolute atomic E-state index is 13.2. The summed E-state index contributed by atoms with van der Waals surface area (Å²) >= 11 is 0. The number of furan rings is 1. The third-order valence-corrected chi connectivity index (χ3v) is 5.55. The summed E-state index contributed by atoms with van der Waals surface area (Å²) in [5.41, 5.74) is 1.83. The molecule has 0 spiro atoms. The van der Waals surface area contributed by atoms with E-state index in [1.165, 1.54) is 10.9 Å². The van der Waals surface area contributed by atoms with Gasteiger partial charge in [0, 0.05) is 37.5 Å². The average Bonchev–Trinajstić information content (AvgIpc) is 3.44. The van der Waals surface area contributed by atoms with E-state index in [4.69, 9.17) is 9.15 Å². The van der Waals surface area contributed by atoms with E-state index >= 15 is 0 Å². The van der Waals surface area contributed by atoms with Crippen molar-refractivity contribution in [1.29, 1.82) is 0 Å². The van der Waals surface area contributed by atoms with Crippen LogP contribution in [-0.4, -0.2) is 44.6 Å². The summed E-state index contributed by atoms with van der Waals surface area (Å²) in [6, 6.07) is 11.1. The van der Waals surface area contributed by atoms with Crippen molar-refractivity contribution in [2.45, 2.75) is 32.0 Å². The smallest absolute Gasteiger partial charge is 0.297 e. The van der Waals surface area contributed by atoms with Gasteiger partial charge < -0.3 is 14.1 Å². The van der Waals surface area contributed by atoms with Crippen LogP contribution in [0.5, 0.6) is 0 Å². The van der Waals surface area contributed by atoms with Gasteiger partial charge in [-0.2, -0.15) is 0 Å². The molecule has 0 saturated carbocycles. The molecule has 1 aromatic carbocycles. The van der Waals surface area contributed by atoms with Crippen LogP contribution >= 0.6 is 0 Å². The lowest BCUT2D eigenvalue weighted by Crippen LogP contribution is -2.40. The van der Waals surface area contributed by atoms with E-state index in [2.05, 4.69) is 9.97 Å². The molecular formula is C23H22N4O4. The summed E-state index contributed by atoms with van der Waals surface area (Å²) in [7, 11) is 0. The number of benzene rings is 1. The molecule has 1 unspecified atom stereocenters. The Morgan fingerprint density at radius 1 is 1.23 bits per heavy atom. The van der Waals surface area contributed by atoms with Crippen molar-refractivity contribution in [3.05, 3.63) is 71.0 Å². The van der Waals surface area contributed by atoms with E-state index in [1.807, 2.05) is 30.3 Å². The lowest BCUT2D eigenvalue weighted by atomic mass is 10.2. The minimum Gasteiger partial charge on any atom is -0.448 e. The van der Waals surface area contributed by atoms with Crippen molar-refractivity contribution in [1.82, 2.24) is 19.4 Å². The van der Waals surface area contributed by atoms with Gasteiger partial charge in [-0.1, -0.05) is 18.2 Å². The molecule has 1 atom stereocenters. The lowest BCUT2D eigenvalue weighted by Gasteiger charge is -2.25. The van der Waals surface area contributed by atoms with Crippen molar-refractivity contribution in [3.63, 3.8) is 0 Å². The van der Waals surface area contributed by atoms with Crippen LogP contribution in [-0.2, 0) is 22.6 Å². The molecule has 4 heterocycles. The van der Waals surface area contributed by atoms with E-state index in [0.29, 0.717) is 30.8 Å². The summed E-state index contributed by atoms with van der Waals surface area (Å²) < 4.78 is 12.8. The molecule has 31 heavy (non-hydrogen) atoms. The highest BCUT2D eigenvalue weighted by Crippen LogP contribution is 2.24. The molecule has 4 aromatic rings. The molecule has 0 N–H and O–H groups in total. The number of aromatic nitrogens is 3. The number of carbonyl (C=O) groups is 1. The number of pyridine rings is 1. The van der Waals surface area contributed by atoms with Gasteiger partial charge >= 0.3 is 0 Å². The predicted octanol–water partition coefficient (Wildman–Crippen LogP) is 2.75. The Morgan fingerprint density at radius 3 is 2.94 bits per heavy atom. The van der Waals surface area contributed by atoms with Crippen LogP contribution in [0.25, 0.3) is 22.1 Å². The van der Waals surface area contributed by atoms with Gasteiger partial charge in [0.05, 0.1) is 12.4 Å². The highest BCUT2D eigenvalue weighted by molar-refractivity contribution is 6.01. The number of hydrogen-bond acceptors (Lipinski definition) is 6. The molecule has 0 aliphatic carbocycles. The Kier molecular flexibility index (Phi) is 5.21. The minimum atomic E-state index is -0.368. The van der Waals surface area contributed by atoms with Gasteiger partial charge in [0.25, 0.3) is 5.56 Å². The quantitative estimate of drug-likeness (QED) is 0.478. The molecule has 3 aromatic heterocycles. The molecule has 158 valence electrons. The minimum absolute atomic E-state index is 0.00771. The molecular weight excluding hydrogens is 396 g/mol. The number of rotatable bonds is 6. The van der Waals surface area contributed by atoms with Gasteiger partial charge in [-0.25, -0.2) is 4.98 Å². The third kappa shape index (κ3) is 3.94. The number of carbonyl (C=O) groups excluding carboxylic acids is 1. The standard InChI is InChI=1S/C23H22N4O4/c28-20(26(13-17-6-4-10-30-17)12-16-5-3-9-24-11-16)14-27-15-25-21-18-7-1-2-8-19(18)31-22(21)23(27)29/h1-3,5,7-9,11,15,17H,4,6,10,12-14H2.